The first-order valence-electron chi connectivity index (χ1n) is 4.42. The molecule has 2 rings (SSSR count). The summed E-state index contributed by atoms with van der Waals surface area (Å²) in [5.74, 6) is 1.10. The van der Waals surface area contributed by atoms with Crippen LogP contribution in [0.4, 0.5) is 5.69 Å². The minimum atomic E-state index is -0.207. The zero-order valence-electron chi connectivity index (χ0n) is 7.87. The second kappa shape index (κ2) is 3.57. The summed E-state index contributed by atoms with van der Waals surface area (Å²) >= 11 is 0. The summed E-state index contributed by atoms with van der Waals surface area (Å²) in [7, 11) is 1.60. The molecule has 0 saturated heterocycles. The van der Waals surface area contributed by atoms with Crippen molar-refractivity contribution in [2.75, 3.05) is 19.0 Å². The van der Waals surface area contributed by atoms with Crippen LogP contribution in [0.3, 0.4) is 0 Å². The number of fused-ring (bicyclic) bond motifs is 1. The van der Waals surface area contributed by atoms with Crippen LogP contribution in [0.15, 0.2) is 18.2 Å². The van der Waals surface area contributed by atoms with Gasteiger partial charge in [0.25, 0.3) is 0 Å². The van der Waals surface area contributed by atoms with Crippen LogP contribution >= 0.6 is 0 Å². The number of carbonyl (C=O) groups excluding carboxylic acids is 1. The van der Waals surface area contributed by atoms with E-state index in [0.717, 1.165) is 11.4 Å². The van der Waals surface area contributed by atoms with Crippen LogP contribution in [0.2, 0.25) is 0 Å². The minimum Gasteiger partial charge on any atom is -0.497 e. The summed E-state index contributed by atoms with van der Waals surface area (Å²) in [6.07, 6.45) is 0.386. The van der Waals surface area contributed by atoms with Crippen molar-refractivity contribution < 1.29 is 14.3 Å². The van der Waals surface area contributed by atoms with E-state index in [1.165, 1.54) is 0 Å². The third-order valence-corrected chi connectivity index (χ3v) is 2.06. The topological polar surface area (TPSA) is 47.6 Å². The van der Waals surface area contributed by atoms with Crippen LogP contribution in [-0.4, -0.2) is 19.6 Å². The summed E-state index contributed by atoms with van der Waals surface area (Å²) < 4.78 is 10.2. The lowest BCUT2D eigenvalue weighted by molar-refractivity contribution is -0.133. The van der Waals surface area contributed by atoms with E-state index >= 15 is 0 Å². The van der Waals surface area contributed by atoms with Gasteiger partial charge < -0.3 is 14.8 Å². The Labute approximate surface area is 81.8 Å². The lowest BCUT2D eigenvalue weighted by atomic mass is 10.2. The molecule has 1 aliphatic heterocycles. The first kappa shape index (κ1) is 8.87. The number of nitrogens with one attached hydrogen (secondary N) is 1. The zero-order chi connectivity index (χ0) is 9.97. The average Bonchev–Trinajstić information content (AvgIpc) is 2.37. The highest BCUT2D eigenvalue weighted by molar-refractivity contribution is 5.77. The van der Waals surface area contributed by atoms with E-state index in [0.29, 0.717) is 18.7 Å². The largest absolute Gasteiger partial charge is 0.497 e. The van der Waals surface area contributed by atoms with Crippen LogP contribution in [0.25, 0.3) is 0 Å². The number of carbonyl (C=O) groups is 1. The lowest BCUT2D eigenvalue weighted by Crippen LogP contribution is -2.08. The molecule has 0 unspecified atom stereocenters. The molecule has 1 aromatic rings. The van der Waals surface area contributed by atoms with Gasteiger partial charge in [-0.3, -0.25) is 4.79 Å². The fourth-order valence-corrected chi connectivity index (χ4v) is 1.34. The van der Waals surface area contributed by atoms with E-state index in [1.807, 2.05) is 6.07 Å². The Morgan fingerprint density at radius 2 is 2.36 bits per heavy atom. The molecular weight excluding hydrogens is 182 g/mol. The third-order valence-electron chi connectivity index (χ3n) is 2.06. The number of hydrogen-bond acceptors (Lipinski definition) is 4. The Morgan fingerprint density at radius 1 is 1.50 bits per heavy atom. The Balaban J connectivity index is 2.35. The van der Waals surface area contributed by atoms with Gasteiger partial charge in [-0.1, -0.05) is 0 Å². The predicted molar refractivity (Wildman–Crippen MR) is 51.7 cm³/mol. The molecule has 74 valence electrons. The molecule has 0 saturated carbocycles. The molecule has 1 aromatic carbocycles. The molecular formula is C10H11NO3. The SMILES string of the molecule is COc1ccc2c(c1)NCCC(=O)O2. The van der Waals surface area contributed by atoms with Crippen molar-refractivity contribution in [3.8, 4) is 11.5 Å². The van der Waals surface area contributed by atoms with Crippen molar-refractivity contribution in [2.24, 2.45) is 0 Å². The molecule has 14 heavy (non-hydrogen) atoms. The molecule has 1 aliphatic rings. The molecule has 0 bridgehead atoms. The third kappa shape index (κ3) is 1.64. The molecule has 4 nitrogen and oxygen atoms in total. The fraction of sp³-hybridized carbons (Fsp3) is 0.300. The van der Waals surface area contributed by atoms with Gasteiger partial charge in [-0.25, -0.2) is 0 Å². The highest BCUT2D eigenvalue weighted by atomic mass is 16.5. The van der Waals surface area contributed by atoms with Crippen molar-refractivity contribution in [1.29, 1.82) is 0 Å². The van der Waals surface area contributed by atoms with E-state index < -0.39 is 0 Å². The van der Waals surface area contributed by atoms with E-state index in [1.54, 1.807) is 19.2 Å². The molecule has 1 N–H and O–H groups in total. The van der Waals surface area contributed by atoms with Crippen LogP contribution in [-0.2, 0) is 4.79 Å². The highest BCUT2D eigenvalue weighted by Crippen LogP contribution is 2.30. The van der Waals surface area contributed by atoms with Gasteiger partial charge in [0.1, 0.15) is 5.75 Å². The van der Waals surface area contributed by atoms with Gasteiger partial charge in [0.15, 0.2) is 5.75 Å². The summed E-state index contributed by atoms with van der Waals surface area (Å²) in [5, 5.41) is 3.10. The van der Waals surface area contributed by atoms with Gasteiger partial charge in [0, 0.05) is 12.6 Å². The second-order valence-electron chi connectivity index (χ2n) is 3.01. The van der Waals surface area contributed by atoms with Crippen LogP contribution in [0, 0.1) is 0 Å². The number of ether oxygens (including phenoxy) is 2. The molecule has 1 heterocycles. The second-order valence-corrected chi connectivity index (χ2v) is 3.01. The van der Waals surface area contributed by atoms with E-state index in [-0.39, 0.29) is 5.97 Å². The molecule has 0 fully saturated rings. The summed E-state index contributed by atoms with van der Waals surface area (Å²) in [4.78, 5) is 11.1. The maximum Gasteiger partial charge on any atom is 0.313 e. The van der Waals surface area contributed by atoms with Crippen molar-refractivity contribution in [2.45, 2.75) is 6.42 Å². The molecule has 0 spiro atoms. The van der Waals surface area contributed by atoms with E-state index in [4.69, 9.17) is 9.47 Å². The quantitative estimate of drug-likeness (QED) is 0.541. The number of esters is 1. The average molecular weight is 193 g/mol. The number of anilines is 1. The fourth-order valence-electron chi connectivity index (χ4n) is 1.34. The highest BCUT2D eigenvalue weighted by Gasteiger charge is 2.14. The van der Waals surface area contributed by atoms with Crippen LogP contribution in [0.1, 0.15) is 6.42 Å². The van der Waals surface area contributed by atoms with Gasteiger partial charge >= 0.3 is 5.97 Å². The lowest BCUT2D eigenvalue weighted by Gasteiger charge is -2.07. The molecule has 0 atom stereocenters. The summed E-state index contributed by atoms with van der Waals surface area (Å²) in [6.45, 7) is 0.596. The smallest absolute Gasteiger partial charge is 0.313 e. The number of hydrogen-bond donors (Lipinski definition) is 1. The van der Waals surface area contributed by atoms with Crippen molar-refractivity contribution in [1.82, 2.24) is 0 Å². The zero-order valence-corrected chi connectivity index (χ0v) is 7.87. The first-order valence-corrected chi connectivity index (χ1v) is 4.42. The van der Waals surface area contributed by atoms with Gasteiger partial charge in [-0.2, -0.15) is 0 Å². The molecule has 0 aromatic heterocycles. The van der Waals surface area contributed by atoms with Gasteiger partial charge in [0.2, 0.25) is 0 Å². The van der Waals surface area contributed by atoms with Crippen molar-refractivity contribution >= 4 is 11.7 Å². The van der Waals surface area contributed by atoms with Gasteiger partial charge in [-0.15, -0.1) is 0 Å². The Morgan fingerprint density at radius 3 is 3.14 bits per heavy atom. The maximum atomic E-state index is 11.1. The Hall–Kier alpha value is -1.71. The normalized spacial score (nSPS) is 14.8. The van der Waals surface area contributed by atoms with Gasteiger partial charge in [-0.05, 0) is 12.1 Å². The molecule has 4 heteroatoms. The molecule has 0 radical (unpaired) electrons. The Kier molecular flexibility index (Phi) is 2.26. The molecule has 0 amide bonds. The number of benzene rings is 1. The summed E-state index contributed by atoms with van der Waals surface area (Å²) in [6, 6.07) is 5.30. The van der Waals surface area contributed by atoms with E-state index in [2.05, 4.69) is 5.32 Å². The molecule has 0 aliphatic carbocycles. The van der Waals surface area contributed by atoms with Gasteiger partial charge in [0.05, 0.1) is 19.2 Å². The van der Waals surface area contributed by atoms with Crippen LogP contribution < -0.4 is 14.8 Å². The maximum absolute atomic E-state index is 11.1. The number of rotatable bonds is 1. The van der Waals surface area contributed by atoms with E-state index in [9.17, 15) is 4.79 Å². The first-order chi connectivity index (χ1) is 6.79. The standard InChI is InChI=1S/C10H11NO3/c1-13-7-2-3-9-8(6-7)11-5-4-10(12)14-9/h2-3,6,11H,4-5H2,1H3. The van der Waals surface area contributed by atoms with Crippen molar-refractivity contribution in [3.05, 3.63) is 18.2 Å². The Bertz CT molecular complexity index is 362. The predicted octanol–water partition coefficient (Wildman–Crippen LogP) is 1.42. The monoisotopic (exact) mass is 193 g/mol. The summed E-state index contributed by atoms with van der Waals surface area (Å²) in [5.41, 5.74) is 0.801. The number of methoxy groups -OCH3 is 1. The van der Waals surface area contributed by atoms with Crippen molar-refractivity contribution in [3.63, 3.8) is 0 Å². The minimum absolute atomic E-state index is 0.207. The van der Waals surface area contributed by atoms with Crippen LogP contribution in [0.5, 0.6) is 11.5 Å².